The van der Waals surface area contributed by atoms with E-state index in [0.717, 1.165) is 39.5 Å². The van der Waals surface area contributed by atoms with Crippen LogP contribution < -0.4 is 5.73 Å². The number of aryl methyl sites for hydroxylation is 1. The molecule has 1 aliphatic carbocycles. The van der Waals surface area contributed by atoms with Crippen molar-refractivity contribution in [3.8, 4) is 11.1 Å². The van der Waals surface area contributed by atoms with E-state index >= 15 is 0 Å². The number of anilines is 1. The molecule has 0 heterocycles. The Kier molecular flexibility index (Phi) is 6.10. The summed E-state index contributed by atoms with van der Waals surface area (Å²) in [6.07, 6.45) is 7.53. The maximum absolute atomic E-state index is 11.4. The zero-order valence-corrected chi connectivity index (χ0v) is 18.5. The van der Waals surface area contributed by atoms with Crippen molar-refractivity contribution in [2.75, 3.05) is 5.73 Å². The number of nitrogens with two attached hydrogens (primary N) is 1. The Bertz CT molecular complexity index is 1330. The average molecular weight is 453 g/mol. The largest absolute Gasteiger partial charge is 0.481 e. The smallest absolute Gasteiger partial charge is 0.398 e. The van der Waals surface area contributed by atoms with E-state index in [1.807, 2.05) is 85.8 Å². The van der Waals surface area contributed by atoms with Crippen molar-refractivity contribution in [1.82, 2.24) is 0 Å². The summed E-state index contributed by atoms with van der Waals surface area (Å²) in [5.41, 5.74) is 11.0. The van der Waals surface area contributed by atoms with Gasteiger partial charge < -0.3 is 5.73 Å². The topological polar surface area (TPSA) is 112 Å². The number of hydrogen-bond donors (Lipinski definition) is 1. The van der Waals surface area contributed by atoms with Crippen molar-refractivity contribution in [3.63, 3.8) is 0 Å². The van der Waals surface area contributed by atoms with Gasteiger partial charge in [0.15, 0.2) is 0 Å². The molecule has 34 heavy (non-hydrogen) atoms. The SMILES string of the molecule is Cc1ccc(-c2ccc(C3=CCC([N+](=O)[O-])([N+](=O)[O-])C=C3)c(C=Cc3ccccc3)c2N)cc1. The number of allylic oxidation sites excluding steroid dienone is 2. The molecule has 0 fully saturated rings. The molecule has 0 saturated carbocycles. The molecule has 0 radical (unpaired) electrons. The van der Waals surface area contributed by atoms with Crippen LogP contribution in [0.4, 0.5) is 5.69 Å². The normalized spacial score (nSPS) is 14.7. The van der Waals surface area contributed by atoms with Gasteiger partial charge in [-0.15, -0.1) is 0 Å². The second-order valence-corrected chi connectivity index (χ2v) is 8.19. The van der Waals surface area contributed by atoms with E-state index in [-0.39, 0.29) is 6.42 Å². The lowest BCUT2D eigenvalue weighted by atomic mass is 9.88. The van der Waals surface area contributed by atoms with E-state index < -0.39 is 15.5 Å². The van der Waals surface area contributed by atoms with Gasteiger partial charge in [-0.2, -0.15) is 0 Å². The van der Waals surface area contributed by atoms with Crippen LogP contribution in [0, 0.1) is 27.2 Å². The highest BCUT2D eigenvalue weighted by Gasteiger charge is 2.53. The molecule has 7 nitrogen and oxygen atoms in total. The summed E-state index contributed by atoms with van der Waals surface area (Å²) in [4.78, 5) is 21.1. The van der Waals surface area contributed by atoms with Gasteiger partial charge in [-0.05, 0) is 35.3 Å². The number of nitro groups is 2. The third-order valence-corrected chi connectivity index (χ3v) is 5.99. The number of nitrogens with zero attached hydrogens (tertiary/aromatic N) is 2. The van der Waals surface area contributed by atoms with Gasteiger partial charge >= 0.3 is 5.66 Å². The maximum atomic E-state index is 11.4. The second kappa shape index (κ2) is 9.15. The number of nitrogen functional groups attached to an aromatic ring is 1. The highest BCUT2D eigenvalue weighted by Crippen LogP contribution is 2.38. The van der Waals surface area contributed by atoms with Crippen LogP contribution in [0.3, 0.4) is 0 Å². The molecular weight excluding hydrogens is 430 g/mol. The summed E-state index contributed by atoms with van der Waals surface area (Å²) in [5, 5.41) is 22.8. The zero-order valence-electron chi connectivity index (χ0n) is 18.5. The van der Waals surface area contributed by atoms with Crippen LogP contribution >= 0.6 is 0 Å². The minimum atomic E-state index is -2.35. The molecule has 0 aliphatic heterocycles. The van der Waals surface area contributed by atoms with Gasteiger partial charge in [0.2, 0.25) is 0 Å². The Morgan fingerprint density at radius 1 is 0.882 bits per heavy atom. The van der Waals surface area contributed by atoms with E-state index in [0.29, 0.717) is 11.3 Å². The Morgan fingerprint density at radius 3 is 2.12 bits per heavy atom. The molecule has 1 aliphatic rings. The third-order valence-electron chi connectivity index (χ3n) is 5.99. The fourth-order valence-corrected chi connectivity index (χ4v) is 3.95. The van der Waals surface area contributed by atoms with Crippen LogP contribution in [0.1, 0.15) is 28.7 Å². The summed E-state index contributed by atoms with van der Waals surface area (Å²) in [5.74, 6) is 0. The van der Waals surface area contributed by atoms with Crippen LogP contribution in [0.25, 0.3) is 28.9 Å². The molecule has 0 spiro atoms. The average Bonchev–Trinajstić information content (AvgIpc) is 2.84. The van der Waals surface area contributed by atoms with Crippen LogP contribution in [-0.4, -0.2) is 15.5 Å². The van der Waals surface area contributed by atoms with Gasteiger partial charge in [-0.3, -0.25) is 20.2 Å². The lowest BCUT2D eigenvalue weighted by molar-refractivity contribution is -0.780. The van der Waals surface area contributed by atoms with Crippen LogP contribution in [0.5, 0.6) is 0 Å². The quantitative estimate of drug-likeness (QED) is 0.161. The molecule has 170 valence electrons. The van der Waals surface area contributed by atoms with Crippen LogP contribution in [-0.2, 0) is 0 Å². The highest BCUT2D eigenvalue weighted by atomic mass is 16.7. The van der Waals surface area contributed by atoms with Crippen molar-refractivity contribution < 1.29 is 9.85 Å². The van der Waals surface area contributed by atoms with Gasteiger partial charge in [-0.25, -0.2) is 0 Å². The summed E-state index contributed by atoms with van der Waals surface area (Å²) in [6.45, 7) is 2.02. The van der Waals surface area contributed by atoms with Crippen molar-refractivity contribution in [3.05, 3.63) is 127 Å². The molecule has 3 aromatic rings. The molecule has 0 amide bonds. The molecule has 3 aromatic carbocycles. The monoisotopic (exact) mass is 453 g/mol. The fraction of sp³-hybridized carbons (Fsp3) is 0.111. The van der Waals surface area contributed by atoms with Gasteiger partial charge in [0.05, 0.1) is 6.08 Å². The molecule has 7 heteroatoms. The minimum Gasteiger partial charge on any atom is -0.398 e. The van der Waals surface area contributed by atoms with E-state index in [1.54, 1.807) is 0 Å². The summed E-state index contributed by atoms with van der Waals surface area (Å²) in [6, 6.07) is 21.6. The van der Waals surface area contributed by atoms with Crippen LogP contribution in [0.15, 0.2) is 85.0 Å². The molecular formula is C27H23N3O4. The van der Waals surface area contributed by atoms with Crippen molar-refractivity contribution >= 4 is 23.4 Å². The molecule has 0 bridgehead atoms. The first-order valence-corrected chi connectivity index (χ1v) is 10.7. The first-order valence-electron chi connectivity index (χ1n) is 10.7. The van der Waals surface area contributed by atoms with E-state index in [9.17, 15) is 20.2 Å². The Labute approximate surface area is 196 Å². The molecule has 0 atom stereocenters. The van der Waals surface area contributed by atoms with Gasteiger partial charge in [0.25, 0.3) is 0 Å². The molecule has 4 rings (SSSR count). The highest BCUT2D eigenvalue weighted by molar-refractivity contribution is 5.93. The van der Waals surface area contributed by atoms with Crippen molar-refractivity contribution in [2.45, 2.75) is 19.0 Å². The summed E-state index contributed by atoms with van der Waals surface area (Å²) in [7, 11) is 0. The molecule has 0 unspecified atom stereocenters. The second-order valence-electron chi connectivity index (χ2n) is 8.19. The lowest BCUT2D eigenvalue weighted by Crippen LogP contribution is -2.44. The molecule has 0 aromatic heterocycles. The fourth-order valence-electron chi connectivity index (χ4n) is 3.95. The summed E-state index contributed by atoms with van der Waals surface area (Å²) >= 11 is 0. The third kappa shape index (κ3) is 4.23. The van der Waals surface area contributed by atoms with Crippen molar-refractivity contribution in [1.29, 1.82) is 0 Å². The number of rotatable bonds is 6. The number of hydrogen-bond acceptors (Lipinski definition) is 5. The standard InChI is InChI=1S/C27H23N3O4/c1-19-7-10-21(11-8-19)24-14-13-23(22-15-17-27(18-16-22,29(31)32)30(33)34)25(26(24)28)12-9-20-5-3-2-4-6-20/h2-17H,18,28H2,1H3. The molecule has 0 saturated heterocycles. The van der Waals surface area contributed by atoms with E-state index in [1.165, 1.54) is 12.2 Å². The summed E-state index contributed by atoms with van der Waals surface area (Å²) < 4.78 is 0. The van der Waals surface area contributed by atoms with E-state index in [2.05, 4.69) is 0 Å². The predicted molar refractivity (Wildman–Crippen MR) is 135 cm³/mol. The lowest BCUT2D eigenvalue weighted by Gasteiger charge is -2.19. The first-order chi connectivity index (χ1) is 16.3. The maximum Gasteiger partial charge on any atom is 0.481 e. The Morgan fingerprint density at radius 2 is 1.53 bits per heavy atom. The number of benzene rings is 3. The Balaban J connectivity index is 1.82. The van der Waals surface area contributed by atoms with Gasteiger partial charge in [0, 0.05) is 16.8 Å². The van der Waals surface area contributed by atoms with Gasteiger partial charge in [-0.1, -0.05) is 90.5 Å². The molecule has 2 N–H and O–H groups in total. The first kappa shape index (κ1) is 22.7. The zero-order chi connectivity index (χ0) is 24.3. The minimum absolute atomic E-state index is 0.347. The van der Waals surface area contributed by atoms with Gasteiger partial charge in [0.1, 0.15) is 16.3 Å². The van der Waals surface area contributed by atoms with E-state index in [4.69, 9.17) is 5.73 Å². The van der Waals surface area contributed by atoms with Crippen LogP contribution in [0.2, 0.25) is 0 Å². The predicted octanol–water partition coefficient (Wildman–Crippen LogP) is 6.01. The Hall–Kier alpha value is -4.52. The van der Waals surface area contributed by atoms with Crippen molar-refractivity contribution in [2.24, 2.45) is 0 Å².